The van der Waals surface area contributed by atoms with Crippen molar-refractivity contribution in [1.82, 2.24) is 9.58 Å². The fourth-order valence-corrected chi connectivity index (χ4v) is 9.17. The highest BCUT2D eigenvalue weighted by molar-refractivity contribution is 6.40. The number of carbonyl (C=O) groups is 3. The van der Waals surface area contributed by atoms with Gasteiger partial charge < -0.3 is 10.0 Å². The number of rotatable bonds is 8. The maximum atomic E-state index is 15.0. The molecular formula is C32H37Cl2F3N3O4+. The number of Topliss-reactive ketones (excluding diaryl/α,β-unsaturated/α-hetero) is 1. The zero-order chi connectivity index (χ0) is 32.6. The molecule has 6 rings (SSSR count). The number of aromatic nitrogens is 2. The Bertz CT molecular complexity index is 1490. The Kier molecular flexibility index (Phi) is 7.90. The van der Waals surface area contributed by atoms with Crippen molar-refractivity contribution in [2.45, 2.75) is 91.3 Å². The van der Waals surface area contributed by atoms with E-state index in [1.807, 2.05) is 0 Å². The number of hydrogen-bond acceptors (Lipinski definition) is 3. The molecule has 0 radical (unpaired) electrons. The molecule has 1 N–H and O–H groups in total. The van der Waals surface area contributed by atoms with E-state index in [1.54, 1.807) is 32.9 Å². The highest BCUT2D eigenvalue weighted by Gasteiger charge is 2.67. The third-order valence-corrected chi connectivity index (χ3v) is 11.0. The number of carboxylic acids is 1. The molecule has 7 nitrogen and oxygen atoms in total. The average molecular weight is 656 g/mol. The van der Waals surface area contributed by atoms with Crippen LogP contribution in [0.3, 0.4) is 0 Å². The van der Waals surface area contributed by atoms with E-state index in [2.05, 4.69) is 25.1 Å². The molecule has 0 atom stereocenters. The predicted octanol–water partition coefficient (Wildman–Crippen LogP) is 7.05. The van der Waals surface area contributed by atoms with Crippen LogP contribution in [0, 0.1) is 35.3 Å². The zero-order valence-electron chi connectivity index (χ0n) is 25.5. The third-order valence-electron chi connectivity index (χ3n) is 10.4. The van der Waals surface area contributed by atoms with Crippen LogP contribution in [0.4, 0.5) is 13.2 Å². The molecule has 12 heteroatoms. The summed E-state index contributed by atoms with van der Waals surface area (Å²) in [7, 11) is 0. The lowest BCUT2D eigenvalue weighted by Crippen LogP contribution is -2.62. The van der Waals surface area contributed by atoms with Gasteiger partial charge in [-0.2, -0.15) is 13.2 Å². The summed E-state index contributed by atoms with van der Waals surface area (Å²) in [5.74, 6) is -2.53. The van der Waals surface area contributed by atoms with Gasteiger partial charge in [0.05, 0.1) is 32.7 Å². The molecule has 0 aliphatic heterocycles. The number of ketones is 1. The summed E-state index contributed by atoms with van der Waals surface area (Å²) in [5.41, 5.74) is -4.24. The number of hydrogen-bond donors (Lipinski definition) is 1. The van der Waals surface area contributed by atoms with Gasteiger partial charge in [0.1, 0.15) is 5.54 Å². The van der Waals surface area contributed by atoms with Crippen LogP contribution in [0.5, 0.6) is 0 Å². The lowest BCUT2D eigenvalue weighted by atomic mass is 9.47. The molecule has 4 saturated carbocycles. The number of carbonyl (C=O) groups excluding carboxylic acids is 2. The molecule has 0 unspecified atom stereocenters. The van der Waals surface area contributed by atoms with E-state index in [0.717, 1.165) is 28.0 Å². The summed E-state index contributed by atoms with van der Waals surface area (Å²) in [6.07, 6.45) is -0.142. The van der Waals surface area contributed by atoms with E-state index in [9.17, 15) is 32.7 Å². The van der Waals surface area contributed by atoms with Crippen LogP contribution in [0.15, 0.2) is 12.1 Å². The van der Waals surface area contributed by atoms with Gasteiger partial charge >= 0.3 is 18.3 Å². The standard InChI is InChI=1S/C32H36Cl2F3N3O4/c1-18-10-21(33)24(22(34)11-18)23(41)16-39(15-19-12-28(2,3)13-19)26(42)20-14-38-40(25(20)32(35,36)37)31-8-6-30(7-9-31,27(43)44)17-29(31,4)5/h10-11,19H,6-9,12-13,15-17H2,1-5H3/p+1. The van der Waals surface area contributed by atoms with Crippen molar-refractivity contribution < 1.29 is 37.8 Å². The lowest BCUT2D eigenvalue weighted by Gasteiger charge is -2.58. The Morgan fingerprint density at radius 3 is 2.11 bits per heavy atom. The quantitative estimate of drug-likeness (QED) is 0.308. The summed E-state index contributed by atoms with van der Waals surface area (Å²) in [5, 5.41) is 14.2. The van der Waals surface area contributed by atoms with Crippen molar-refractivity contribution in [3.05, 3.63) is 50.8 Å². The summed E-state index contributed by atoms with van der Waals surface area (Å²) in [4.78, 5) is 40.9. The summed E-state index contributed by atoms with van der Waals surface area (Å²) < 4.78 is 45.8. The normalized spacial score (nSPS) is 25.7. The van der Waals surface area contributed by atoms with Crippen LogP contribution < -0.4 is 5.10 Å². The molecule has 1 heterocycles. The van der Waals surface area contributed by atoms with E-state index < -0.39 is 58.0 Å². The number of halogens is 5. The average Bonchev–Trinajstić information content (AvgIpc) is 3.32. The van der Waals surface area contributed by atoms with Gasteiger partial charge in [-0.05, 0) is 91.0 Å². The van der Waals surface area contributed by atoms with Crippen LogP contribution in [-0.2, 0) is 16.5 Å². The Labute approximate surface area is 265 Å². The molecule has 1 aromatic carbocycles. The van der Waals surface area contributed by atoms with E-state index in [4.69, 9.17) is 23.2 Å². The molecule has 1 amide bonds. The molecule has 4 aliphatic carbocycles. The molecule has 4 aliphatic rings. The molecule has 0 spiro atoms. The minimum atomic E-state index is -4.97. The van der Waals surface area contributed by atoms with Gasteiger partial charge in [0.2, 0.25) is 11.3 Å². The molecule has 238 valence electrons. The summed E-state index contributed by atoms with van der Waals surface area (Å²) >= 11 is 12.7. The number of carboxylic acid groups (broad SMARTS) is 1. The minimum Gasteiger partial charge on any atom is -0.481 e. The Hall–Kier alpha value is -2.77. The van der Waals surface area contributed by atoms with Gasteiger partial charge in [0, 0.05) is 6.54 Å². The van der Waals surface area contributed by atoms with Crippen LogP contribution in [-0.4, -0.2) is 45.4 Å². The van der Waals surface area contributed by atoms with Crippen molar-refractivity contribution in [3.63, 3.8) is 0 Å². The Morgan fingerprint density at radius 2 is 1.64 bits per heavy atom. The molecule has 4 fully saturated rings. The second kappa shape index (κ2) is 10.7. The SMILES string of the molecule is Cc1cc(Cl)c(C(=O)CN(CC2CC(C)(C)C2)C(=O)c2c#[n+]n(C34CCC(C(=O)O)(CC3)CC4(C)C)c2C(F)(F)F)c(Cl)c1. The molecular weight excluding hydrogens is 618 g/mol. The summed E-state index contributed by atoms with van der Waals surface area (Å²) in [6, 6.07) is 3.13. The largest absolute Gasteiger partial charge is 0.481 e. The van der Waals surface area contributed by atoms with E-state index in [1.165, 1.54) is 0 Å². The van der Waals surface area contributed by atoms with Crippen molar-refractivity contribution >= 4 is 40.9 Å². The smallest absolute Gasteiger partial charge is 0.439 e. The number of benzene rings is 1. The molecule has 2 bridgehead atoms. The molecule has 0 saturated heterocycles. The van der Waals surface area contributed by atoms with Gasteiger partial charge in [-0.3, -0.25) is 14.4 Å². The second-order valence-electron chi connectivity index (χ2n) is 14.6. The fourth-order valence-electron chi connectivity index (χ4n) is 8.36. The van der Waals surface area contributed by atoms with Crippen molar-refractivity contribution in [2.75, 3.05) is 13.1 Å². The first-order valence-corrected chi connectivity index (χ1v) is 15.6. The van der Waals surface area contributed by atoms with Crippen molar-refractivity contribution in [3.8, 4) is 0 Å². The number of aliphatic carboxylic acids is 1. The van der Waals surface area contributed by atoms with Gasteiger partial charge in [0.15, 0.2) is 5.78 Å². The number of aryl methyl sites for hydroxylation is 1. The fraction of sp³-hybridized carbons (Fsp3) is 0.625. The van der Waals surface area contributed by atoms with Gasteiger partial charge in [-0.1, -0.05) is 50.9 Å². The topological polar surface area (TPSA) is 93.7 Å². The van der Waals surface area contributed by atoms with Crippen molar-refractivity contribution in [1.29, 1.82) is 0 Å². The minimum absolute atomic E-state index is 0.00606. The first-order valence-electron chi connectivity index (χ1n) is 14.8. The van der Waals surface area contributed by atoms with Gasteiger partial charge in [-0.15, -0.1) is 0 Å². The van der Waals surface area contributed by atoms with Crippen LogP contribution >= 0.6 is 23.2 Å². The van der Waals surface area contributed by atoms with Gasteiger partial charge in [-0.25, -0.2) is 0 Å². The number of nitrogens with zero attached hydrogens (tertiary/aromatic N) is 3. The summed E-state index contributed by atoms with van der Waals surface area (Å²) in [6.45, 7) is 8.99. The number of fused-ring (bicyclic) bond motifs is 3. The zero-order valence-corrected chi connectivity index (χ0v) is 27.0. The van der Waals surface area contributed by atoms with Crippen molar-refractivity contribution in [2.24, 2.45) is 22.2 Å². The Balaban J connectivity index is 1.54. The maximum absolute atomic E-state index is 15.0. The highest BCUT2D eigenvalue weighted by atomic mass is 35.5. The first kappa shape index (κ1) is 32.6. The van der Waals surface area contributed by atoms with Crippen LogP contribution in [0.1, 0.15) is 105 Å². The molecule has 1 aromatic heterocycles. The van der Waals surface area contributed by atoms with E-state index in [0.29, 0.717) is 0 Å². The number of alkyl halides is 3. The molecule has 2 aromatic rings. The first-order chi connectivity index (χ1) is 20.2. The monoisotopic (exact) mass is 654 g/mol. The van der Waals surface area contributed by atoms with Crippen LogP contribution in [0.2, 0.25) is 10.0 Å². The predicted molar refractivity (Wildman–Crippen MR) is 157 cm³/mol. The van der Waals surface area contributed by atoms with E-state index in [-0.39, 0.29) is 65.6 Å². The maximum Gasteiger partial charge on any atom is 0.439 e. The van der Waals surface area contributed by atoms with Gasteiger partial charge in [0.25, 0.3) is 5.91 Å². The third kappa shape index (κ3) is 5.38. The highest BCUT2D eigenvalue weighted by Crippen LogP contribution is 2.64. The Morgan fingerprint density at radius 1 is 1.07 bits per heavy atom. The van der Waals surface area contributed by atoms with Crippen LogP contribution in [0.25, 0.3) is 0 Å². The molecule has 44 heavy (non-hydrogen) atoms. The second-order valence-corrected chi connectivity index (χ2v) is 15.4. The van der Waals surface area contributed by atoms with E-state index >= 15 is 0 Å². The lowest BCUT2D eigenvalue weighted by molar-refractivity contribution is -0.456. The number of amides is 1.